The third-order valence-corrected chi connectivity index (χ3v) is 8.67. The van der Waals surface area contributed by atoms with Gasteiger partial charge in [-0.3, -0.25) is 0 Å². The first-order chi connectivity index (χ1) is 11.6. The van der Waals surface area contributed by atoms with Crippen molar-refractivity contribution in [2.45, 2.75) is 27.7 Å². The summed E-state index contributed by atoms with van der Waals surface area (Å²) in [5.41, 5.74) is 2.76. The minimum atomic E-state index is -4.91. The van der Waals surface area contributed by atoms with Gasteiger partial charge in [-0.25, -0.2) is 0 Å². The summed E-state index contributed by atoms with van der Waals surface area (Å²) in [6.07, 6.45) is 2.77. The summed E-state index contributed by atoms with van der Waals surface area (Å²) in [5.74, 6) is -2.75. The summed E-state index contributed by atoms with van der Waals surface area (Å²) in [6.45, 7) is 17.5. The van der Waals surface area contributed by atoms with Gasteiger partial charge < -0.3 is 0 Å². The molecule has 0 fully saturated rings. The second-order valence-electron chi connectivity index (χ2n) is 5.50. The van der Waals surface area contributed by atoms with Gasteiger partial charge in [-0.15, -0.1) is 0 Å². The molecule has 134 valence electrons. The van der Waals surface area contributed by atoms with E-state index in [0.717, 1.165) is 34.9 Å². The third-order valence-electron chi connectivity index (χ3n) is 4.18. The van der Waals surface area contributed by atoms with Gasteiger partial charge in [0.1, 0.15) is 0 Å². The summed E-state index contributed by atoms with van der Waals surface area (Å²) in [7, 11) is 0. The van der Waals surface area contributed by atoms with Crippen LogP contribution in [0.15, 0.2) is 58.6 Å². The Hall–Kier alpha value is -2.18. The molecule has 0 saturated heterocycles. The number of hydrogen-bond acceptors (Lipinski definition) is 6. The molecule has 1 rings (SSSR count). The Morgan fingerprint density at radius 2 is 1.20 bits per heavy atom. The van der Waals surface area contributed by atoms with Crippen LogP contribution in [-0.4, -0.2) is 17.9 Å². The first-order valence-electron chi connectivity index (χ1n) is 7.58. The SMILES string of the molecule is C=CC(=O)[O][Ti]([O]C(=O)C=C)([O]C(=O)C=C)[C]1=C(C)C(C)=C(C)C1C. The number of hydrogen-bond donors (Lipinski definition) is 0. The van der Waals surface area contributed by atoms with E-state index in [0.29, 0.717) is 3.88 Å². The Bertz CT molecular complexity index is 658. The van der Waals surface area contributed by atoms with E-state index in [2.05, 4.69) is 19.7 Å². The molecule has 1 aliphatic rings. The second-order valence-corrected chi connectivity index (χ2v) is 9.03. The number of carbonyl (C=O) groups is 3. The Morgan fingerprint density at radius 3 is 1.44 bits per heavy atom. The standard InChI is InChI=1S/C9H13.3C3H4O2.Ti/c1-6-5-7(2)9(4)8(6)3;3*1-2-3(4)5;/h6H,1-4H3;3*2H,1H2,(H,4,5);/q;;;;+3/p-3. The van der Waals surface area contributed by atoms with Crippen LogP contribution in [0.5, 0.6) is 0 Å². The maximum absolute atomic E-state index is 11.9. The van der Waals surface area contributed by atoms with Crippen LogP contribution >= 0.6 is 0 Å². The van der Waals surface area contributed by atoms with Crippen molar-refractivity contribution in [3.8, 4) is 0 Å². The maximum atomic E-state index is 11.9. The van der Waals surface area contributed by atoms with Crippen molar-refractivity contribution >= 4 is 17.9 Å². The molecule has 0 N–H and O–H groups in total. The van der Waals surface area contributed by atoms with Crippen molar-refractivity contribution in [3.63, 3.8) is 0 Å². The van der Waals surface area contributed by atoms with E-state index in [1.54, 1.807) is 0 Å². The van der Waals surface area contributed by atoms with Crippen molar-refractivity contribution < 1.29 is 42.1 Å². The van der Waals surface area contributed by atoms with Crippen LogP contribution in [0.2, 0.25) is 0 Å². The van der Waals surface area contributed by atoms with Gasteiger partial charge in [-0.2, -0.15) is 0 Å². The van der Waals surface area contributed by atoms with Crippen LogP contribution in [-0.2, 0) is 42.1 Å². The van der Waals surface area contributed by atoms with Crippen LogP contribution in [0, 0.1) is 5.92 Å². The van der Waals surface area contributed by atoms with E-state index in [4.69, 9.17) is 9.96 Å². The molecule has 7 heteroatoms. The molecule has 0 bridgehead atoms. The summed E-state index contributed by atoms with van der Waals surface area (Å²) in [5, 5.41) is 0. The van der Waals surface area contributed by atoms with Crippen LogP contribution < -0.4 is 0 Å². The van der Waals surface area contributed by atoms with Crippen LogP contribution in [0.1, 0.15) is 27.7 Å². The van der Waals surface area contributed by atoms with E-state index in [1.807, 2.05) is 27.7 Å². The normalized spacial score (nSPS) is 17.0. The molecule has 0 aliphatic heterocycles. The molecule has 0 saturated carbocycles. The van der Waals surface area contributed by atoms with E-state index in [-0.39, 0.29) is 5.92 Å². The van der Waals surface area contributed by atoms with Crippen molar-refractivity contribution in [1.82, 2.24) is 0 Å². The van der Waals surface area contributed by atoms with Gasteiger partial charge in [0.15, 0.2) is 0 Å². The first-order valence-corrected chi connectivity index (χ1v) is 10.3. The zero-order chi connectivity index (χ0) is 19.4. The van der Waals surface area contributed by atoms with Crippen molar-refractivity contribution in [2.75, 3.05) is 0 Å². The van der Waals surface area contributed by atoms with E-state index in [1.165, 1.54) is 0 Å². The predicted molar refractivity (Wildman–Crippen MR) is 89.1 cm³/mol. The van der Waals surface area contributed by atoms with Gasteiger partial charge in [0, 0.05) is 0 Å². The molecule has 1 aliphatic carbocycles. The summed E-state index contributed by atoms with van der Waals surface area (Å²) >= 11 is -4.91. The molecule has 0 aromatic heterocycles. The minimum absolute atomic E-state index is 0.215. The van der Waals surface area contributed by atoms with Gasteiger partial charge >= 0.3 is 152 Å². The molecule has 1 atom stereocenters. The van der Waals surface area contributed by atoms with E-state index >= 15 is 0 Å². The Balaban J connectivity index is 3.62. The zero-order valence-electron chi connectivity index (χ0n) is 14.9. The zero-order valence-corrected chi connectivity index (χ0v) is 16.4. The summed E-state index contributed by atoms with van der Waals surface area (Å²) < 4.78 is 16.8. The molecule has 0 aromatic rings. The number of allylic oxidation sites excluding steroid dienone is 4. The quantitative estimate of drug-likeness (QED) is 0.497. The Morgan fingerprint density at radius 1 is 0.840 bits per heavy atom. The average molecular weight is 382 g/mol. The molecule has 0 aromatic carbocycles. The molecule has 25 heavy (non-hydrogen) atoms. The van der Waals surface area contributed by atoms with Crippen molar-refractivity contribution in [2.24, 2.45) is 5.92 Å². The van der Waals surface area contributed by atoms with Crippen LogP contribution in [0.4, 0.5) is 0 Å². The predicted octanol–water partition coefficient (Wildman–Crippen LogP) is 3.33. The molecule has 6 nitrogen and oxygen atoms in total. The monoisotopic (exact) mass is 382 g/mol. The van der Waals surface area contributed by atoms with Gasteiger partial charge in [0.05, 0.1) is 0 Å². The Kier molecular flexibility index (Phi) is 6.91. The molecule has 0 heterocycles. The van der Waals surface area contributed by atoms with Crippen LogP contribution in [0.3, 0.4) is 0 Å². The van der Waals surface area contributed by atoms with Crippen LogP contribution in [0.25, 0.3) is 0 Å². The molecular weight excluding hydrogens is 360 g/mol. The average Bonchev–Trinajstić information content (AvgIpc) is 2.77. The van der Waals surface area contributed by atoms with Gasteiger partial charge in [-0.05, 0) is 0 Å². The van der Waals surface area contributed by atoms with E-state index in [9.17, 15) is 14.4 Å². The molecule has 1 unspecified atom stereocenters. The summed E-state index contributed by atoms with van der Waals surface area (Å²) in [4.78, 5) is 35.8. The van der Waals surface area contributed by atoms with Gasteiger partial charge in [0.25, 0.3) is 0 Å². The second kappa shape index (κ2) is 8.27. The topological polar surface area (TPSA) is 78.9 Å². The molecule has 0 radical (unpaired) electrons. The fourth-order valence-corrected chi connectivity index (χ4v) is 7.13. The molecule has 0 spiro atoms. The number of carbonyl (C=O) groups excluding carboxylic acids is 3. The molecule has 0 amide bonds. The van der Waals surface area contributed by atoms with Crippen molar-refractivity contribution in [3.05, 3.63) is 58.6 Å². The van der Waals surface area contributed by atoms with Gasteiger partial charge in [-0.1, -0.05) is 0 Å². The Labute approximate surface area is 152 Å². The first kappa shape index (κ1) is 20.9. The fraction of sp³-hybridized carbons (Fsp3) is 0.278. The third kappa shape index (κ3) is 4.27. The van der Waals surface area contributed by atoms with Gasteiger partial charge in [0.2, 0.25) is 0 Å². The molecular formula is C18H22O6Ti. The number of rotatable bonds is 7. The summed E-state index contributed by atoms with van der Waals surface area (Å²) in [6, 6.07) is 0. The van der Waals surface area contributed by atoms with E-state index < -0.39 is 35.7 Å². The fourth-order valence-electron chi connectivity index (χ4n) is 2.61. The van der Waals surface area contributed by atoms with Crippen molar-refractivity contribution in [1.29, 1.82) is 0 Å².